The summed E-state index contributed by atoms with van der Waals surface area (Å²) in [4.78, 5) is 37.2. The number of ether oxygens (including phenoxy) is 1. The molecule has 1 heterocycles. The smallest absolute Gasteiger partial charge is 0.341 e. The number of amides is 1. The van der Waals surface area contributed by atoms with Crippen LogP contribution >= 0.6 is 11.3 Å². The summed E-state index contributed by atoms with van der Waals surface area (Å²) in [7, 11) is 0. The summed E-state index contributed by atoms with van der Waals surface area (Å²) < 4.78 is 5.43. The Morgan fingerprint density at radius 1 is 1.21 bits per heavy atom. The lowest BCUT2D eigenvalue weighted by atomic mass is 10.1. The van der Waals surface area contributed by atoms with Crippen molar-refractivity contribution >= 4 is 33.9 Å². The first-order chi connectivity index (χ1) is 13.8. The van der Waals surface area contributed by atoms with E-state index in [4.69, 9.17) is 4.74 Å². The first-order valence-corrected chi connectivity index (χ1v) is 10.5. The highest BCUT2D eigenvalue weighted by Crippen LogP contribution is 2.38. The number of hydrogen-bond acceptors (Lipinski definition) is 6. The molecule has 7 nitrogen and oxygen atoms in total. The van der Waals surface area contributed by atoms with Crippen LogP contribution in [0.3, 0.4) is 0 Å². The molecule has 0 atom stereocenters. The van der Waals surface area contributed by atoms with Crippen molar-refractivity contribution in [3.05, 3.63) is 55.4 Å². The van der Waals surface area contributed by atoms with Crippen molar-refractivity contribution < 1.29 is 19.2 Å². The molecule has 154 valence electrons. The van der Waals surface area contributed by atoms with Crippen LogP contribution in [0, 0.1) is 17.0 Å². The first-order valence-electron chi connectivity index (χ1n) is 9.69. The summed E-state index contributed by atoms with van der Waals surface area (Å²) in [5, 5.41) is 14.3. The van der Waals surface area contributed by atoms with Gasteiger partial charge >= 0.3 is 5.97 Å². The largest absolute Gasteiger partial charge is 0.459 e. The van der Waals surface area contributed by atoms with Gasteiger partial charge in [0.05, 0.1) is 16.6 Å². The van der Waals surface area contributed by atoms with E-state index in [1.165, 1.54) is 29.5 Å². The SMILES string of the molecule is Cc1cc(C(=O)Nc2sc3c(c2C(=O)OC(C)C)CCCCC3)ccc1[N+](=O)[O-]. The molecule has 0 spiro atoms. The molecule has 0 aliphatic heterocycles. The number of carbonyl (C=O) groups is 2. The maximum absolute atomic E-state index is 12.8. The van der Waals surface area contributed by atoms with Gasteiger partial charge < -0.3 is 10.1 Å². The minimum Gasteiger partial charge on any atom is -0.459 e. The third-order valence-corrected chi connectivity index (χ3v) is 6.06. The summed E-state index contributed by atoms with van der Waals surface area (Å²) in [5.41, 5.74) is 2.11. The molecule has 1 aliphatic carbocycles. The third kappa shape index (κ3) is 4.64. The van der Waals surface area contributed by atoms with Crippen molar-refractivity contribution in [2.45, 2.75) is 59.0 Å². The number of fused-ring (bicyclic) bond motifs is 1. The van der Waals surface area contributed by atoms with Gasteiger partial charge in [0.1, 0.15) is 5.00 Å². The van der Waals surface area contributed by atoms with E-state index in [0.29, 0.717) is 21.7 Å². The van der Waals surface area contributed by atoms with E-state index in [1.54, 1.807) is 20.8 Å². The number of nitro benzene ring substituents is 1. The Bertz CT molecular complexity index is 964. The molecule has 1 aromatic carbocycles. The number of nitro groups is 1. The zero-order valence-electron chi connectivity index (χ0n) is 16.7. The Hall–Kier alpha value is -2.74. The first kappa shape index (κ1) is 21.0. The summed E-state index contributed by atoms with van der Waals surface area (Å²) in [6, 6.07) is 4.23. The van der Waals surface area contributed by atoms with E-state index in [1.807, 2.05) is 0 Å². The molecule has 1 amide bonds. The molecular weight excluding hydrogens is 392 g/mol. The van der Waals surface area contributed by atoms with E-state index in [-0.39, 0.29) is 11.8 Å². The van der Waals surface area contributed by atoms with Crippen molar-refractivity contribution in [1.29, 1.82) is 0 Å². The van der Waals surface area contributed by atoms with E-state index in [9.17, 15) is 19.7 Å². The number of carbonyl (C=O) groups excluding carboxylic acids is 2. The highest BCUT2D eigenvalue weighted by molar-refractivity contribution is 7.17. The van der Waals surface area contributed by atoms with Crippen molar-refractivity contribution in [3.8, 4) is 0 Å². The lowest BCUT2D eigenvalue weighted by molar-refractivity contribution is -0.385. The van der Waals surface area contributed by atoms with Gasteiger partial charge in [-0.15, -0.1) is 11.3 Å². The Labute approximate surface area is 173 Å². The molecule has 2 aromatic rings. The highest BCUT2D eigenvalue weighted by atomic mass is 32.1. The zero-order valence-corrected chi connectivity index (χ0v) is 17.6. The normalized spacial score (nSPS) is 13.5. The second kappa shape index (κ2) is 8.73. The molecule has 0 radical (unpaired) electrons. The van der Waals surface area contributed by atoms with Gasteiger partial charge in [-0.25, -0.2) is 4.79 Å². The van der Waals surface area contributed by atoms with Gasteiger partial charge in [-0.1, -0.05) is 6.42 Å². The average molecular weight is 416 g/mol. The van der Waals surface area contributed by atoms with Crippen LogP contribution in [-0.2, 0) is 17.6 Å². The number of thiophene rings is 1. The molecule has 0 unspecified atom stereocenters. The fraction of sp³-hybridized carbons (Fsp3) is 0.429. The fourth-order valence-electron chi connectivity index (χ4n) is 3.50. The van der Waals surface area contributed by atoms with Gasteiger partial charge in [0.25, 0.3) is 11.6 Å². The number of aryl methyl sites for hydroxylation is 2. The average Bonchev–Trinajstić information content (AvgIpc) is 2.81. The predicted octanol–water partition coefficient (Wildman–Crippen LogP) is 5.05. The summed E-state index contributed by atoms with van der Waals surface area (Å²) in [6.45, 7) is 5.18. The molecule has 1 aromatic heterocycles. The van der Waals surface area contributed by atoms with Crippen molar-refractivity contribution in [1.82, 2.24) is 0 Å². The number of anilines is 1. The van der Waals surface area contributed by atoms with Crippen molar-refractivity contribution in [3.63, 3.8) is 0 Å². The molecular formula is C21H24N2O5S. The minimum atomic E-state index is -0.479. The predicted molar refractivity (Wildman–Crippen MR) is 112 cm³/mol. The van der Waals surface area contributed by atoms with Gasteiger partial charge in [0.2, 0.25) is 0 Å². The number of nitrogens with one attached hydrogen (secondary N) is 1. The second-order valence-corrected chi connectivity index (χ2v) is 8.54. The van der Waals surface area contributed by atoms with Gasteiger partial charge in [0, 0.05) is 22.1 Å². The van der Waals surface area contributed by atoms with Crippen molar-refractivity contribution in [2.24, 2.45) is 0 Å². The molecule has 0 fully saturated rings. The van der Waals surface area contributed by atoms with Gasteiger partial charge in [-0.2, -0.15) is 0 Å². The summed E-state index contributed by atoms with van der Waals surface area (Å²) in [6.07, 6.45) is 4.59. The van der Waals surface area contributed by atoms with Crippen LogP contribution in [0.4, 0.5) is 10.7 Å². The highest BCUT2D eigenvalue weighted by Gasteiger charge is 2.27. The fourth-order valence-corrected chi connectivity index (χ4v) is 4.77. The van der Waals surface area contributed by atoms with Crippen LogP contribution in [0.25, 0.3) is 0 Å². The number of benzene rings is 1. The Kier molecular flexibility index (Phi) is 6.32. The summed E-state index contributed by atoms with van der Waals surface area (Å²) >= 11 is 1.42. The van der Waals surface area contributed by atoms with Gasteiger partial charge in [-0.05, 0) is 64.2 Å². The van der Waals surface area contributed by atoms with Gasteiger partial charge in [-0.3, -0.25) is 14.9 Å². The maximum Gasteiger partial charge on any atom is 0.341 e. The number of nitrogens with zero attached hydrogens (tertiary/aromatic N) is 1. The Morgan fingerprint density at radius 2 is 1.93 bits per heavy atom. The standard InChI is InChI=1S/C21H24N2O5S/c1-12(2)28-21(25)18-15-7-5-4-6-8-17(15)29-20(18)22-19(24)14-9-10-16(23(26)27)13(3)11-14/h9-12H,4-8H2,1-3H3,(H,22,24). The topological polar surface area (TPSA) is 98.5 Å². The minimum absolute atomic E-state index is 0.0365. The molecule has 1 N–H and O–H groups in total. The van der Waals surface area contributed by atoms with Crippen LogP contribution in [0.15, 0.2) is 18.2 Å². The third-order valence-electron chi connectivity index (χ3n) is 4.85. The number of esters is 1. The van der Waals surface area contributed by atoms with Crippen LogP contribution in [0.1, 0.15) is 69.8 Å². The molecule has 0 saturated carbocycles. The van der Waals surface area contributed by atoms with E-state index in [2.05, 4.69) is 5.32 Å². The molecule has 29 heavy (non-hydrogen) atoms. The van der Waals surface area contributed by atoms with Crippen LogP contribution in [0.5, 0.6) is 0 Å². The van der Waals surface area contributed by atoms with Crippen molar-refractivity contribution in [2.75, 3.05) is 5.32 Å². The Balaban J connectivity index is 1.93. The van der Waals surface area contributed by atoms with Crippen LogP contribution < -0.4 is 5.32 Å². The van der Waals surface area contributed by atoms with E-state index < -0.39 is 16.8 Å². The molecule has 1 aliphatic rings. The summed E-state index contributed by atoms with van der Waals surface area (Å²) in [5.74, 6) is -0.826. The lowest BCUT2D eigenvalue weighted by Gasteiger charge is -2.11. The molecule has 3 rings (SSSR count). The number of hydrogen-bond donors (Lipinski definition) is 1. The lowest BCUT2D eigenvalue weighted by Crippen LogP contribution is -2.17. The molecule has 8 heteroatoms. The van der Waals surface area contributed by atoms with E-state index >= 15 is 0 Å². The van der Waals surface area contributed by atoms with Crippen LogP contribution in [0.2, 0.25) is 0 Å². The number of rotatable bonds is 5. The molecule has 0 saturated heterocycles. The monoisotopic (exact) mass is 416 g/mol. The zero-order chi connectivity index (χ0) is 21.1. The van der Waals surface area contributed by atoms with E-state index in [0.717, 1.165) is 42.5 Å². The molecule has 0 bridgehead atoms. The Morgan fingerprint density at radius 3 is 2.59 bits per heavy atom. The second-order valence-electron chi connectivity index (χ2n) is 7.44. The van der Waals surface area contributed by atoms with Crippen LogP contribution in [-0.4, -0.2) is 22.9 Å². The van der Waals surface area contributed by atoms with Gasteiger partial charge in [0.15, 0.2) is 0 Å². The quantitative estimate of drug-likeness (QED) is 0.318. The maximum atomic E-state index is 12.8.